The fourth-order valence-electron chi connectivity index (χ4n) is 8.68. The highest BCUT2D eigenvalue weighted by molar-refractivity contribution is 6.20. The number of benzene rings is 8. The maximum absolute atomic E-state index is 2.50. The molecule has 0 atom stereocenters. The van der Waals surface area contributed by atoms with E-state index in [4.69, 9.17) is 0 Å². The van der Waals surface area contributed by atoms with E-state index in [1.165, 1.54) is 93.2 Å². The Bertz CT molecular complexity index is 2570. The highest BCUT2D eigenvalue weighted by atomic mass is 14.4. The first kappa shape index (κ1) is 28.1. The van der Waals surface area contributed by atoms with Gasteiger partial charge in [-0.25, -0.2) is 0 Å². The van der Waals surface area contributed by atoms with Crippen LogP contribution in [0.3, 0.4) is 0 Å². The molecule has 0 fully saturated rings. The van der Waals surface area contributed by atoms with Gasteiger partial charge in [-0.2, -0.15) is 0 Å². The van der Waals surface area contributed by atoms with Crippen molar-refractivity contribution in [2.75, 3.05) is 0 Å². The van der Waals surface area contributed by atoms with Gasteiger partial charge in [-0.05, 0) is 111 Å². The maximum atomic E-state index is 2.50. The van der Waals surface area contributed by atoms with E-state index in [2.05, 4.69) is 174 Å². The van der Waals surface area contributed by atoms with Gasteiger partial charge in [0.05, 0.1) is 0 Å². The zero-order valence-electron chi connectivity index (χ0n) is 27.8. The smallest absolute Gasteiger partial charge is 0.0159 e. The van der Waals surface area contributed by atoms with Gasteiger partial charge in [0.2, 0.25) is 0 Å². The molecule has 0 bridgehead atoms. The Morgan fingerprint density at radius 2 is 0.979 bits per heavy atom. The summed E-state index contributed by atoms with van der Waals surface area (Å²) in [4.78, 5) is 0. The summed E-state index contributed by atoms with van der Waals surface area (Å²) in [6.45, 7) is 11.9. The third kappa shape index (κ3) is 4.01. The molecule has 47 heavy (non-hydrogen) atoms. The van der Waals surface area contributed by atoms with Crippen molar-refractivity contribution in [2.45, 2.75) is 45.4 Å². The van der Waals surface area contributed by atoms with Crippen LogP contribution in [0.2, 0.25) is 0 Å². The summed E-state index contributed by atoms with van der Waals surface area (Å²) in [6, 6.07) is 52.4. The second-order valence-electron chi connectivity index (χ2n) is 14.9. The average molecular weight is 603 g/mol. The minimum absolute atomic E-state index is 0.0581. The first-order chi connectivity index (χ1) is 22.7. The van der Waals surface area contributed by atoms with Crippen LogP contribution in [0.5, 0.6) is 0 Å². The Labute approximate surface area is 277 Å². The van der Waals surface area contributed by atoms with Crippen LogP contribution in [0.4, 0.5) is 0 Å². The van der Waals surface area contributed by atoms with E-state index in [0.717, 1.165) is 0 Å². The topological polar surface area (TPSA) is 0 Å². The Morgan fingerprint density at radius 3 is 1.74 bits per heavy atom. The molecule has 0 heterocycles. The molecule has 0 N–H and O–H groups in total. The summed E-state index contributed by atoms with van der Waals surface area (Å²) >= 11 is 0. The molecule has 0 unspecified atom stereocenters. The van der Waals surface area contributed by atoms with Gasteiger partial charge >= 0.3 is 0 Å². The monoisotopic (exact) mass is 602 g/mol. The molecule has 1 aliphatic rings. The molecule has 0 heteroatoms. The molecule has 0 saturated heterocycles. The summed E-state index contributed by atoms with van der Waals surface area (Å²) in [7, 11) is 0. The number of hydrogen-bond acceptors (Lipinski definition) is 0. The standard InChI is InChI=1S/C47H38/c1-46(2,3)45-37-21-11-10-20-35(37)43(33-23-14-16-29-15-6-7-17-31(29)33)36-26-25-30(27-40(36)45)39-28-42-44(34-19-9-8-18-32(34)39)38-22-12-13-24-41(38)47(42,4)5/h6-28H,1-5H3. The predicted octanol–water partition coefficient (Wildman–Crippen LogP) is 13.2. The minimum Gasteiger partial charge on any atom is -0.0619 e. The van der Waals surface area contributed by atoms with Crippen LogP contribution in [-0.2, 0) is 10.8 Å². The van der Waals surface area contributed by atoms with E-state index in [-0.39, 0.29) is 10.8 Å². The van der Waals surface area contributed by atoms with Crippen LogP contribution < -0.4 is 0 Å². The minimum atomic E-state index is -0.0735. The molecule has 0 aliphatic heterocycles. The van der Waals surface area contributed by atoms with Crippen molar-refractivity contribution in [1.29, 1.82) is 0 Å². The van der Waals surface area contributed by atoms with Gasteiger partial charge in [0.15, 0.2) is 0 Å². The summed E-state index contributed by atoms with van der Waals surface area (Å²) in [5.74, 6) is 0. The van der Waals surface area contributed by atoms with Crippen LogP contribution in [0.1, 0.15) is 51.3 Å². The second-order valence-corrected chi connectivity index (χ2v) is 14.9. The molecule has 0 radical (unpaired) electrons. The van der Waals surface area contributed by atoms with Gasteiger partial charge in [-0.15, -0.1) is 0 Å². The van der Waals surface area contributed by atoms with E-state index < -0.39 is 0 Å². The van der Waals surface area contributed by atoms with Crippen molar-refractivity contribution < 1.29 is 0 Å². The van der Waals surface area contributed by atoms with Gasteiger partial charge in [0, 0.05) is 5.41 Å². The second kappa shape index (κ2) is 9.90. The van der Waals surface area contributed by atoms with E-state index in [1.54, 1.807) is 0 Å². The molecule has 9 rings (SSSR count). The highest BCUT2D eigenvalue weighted by Gasteiger charge is 2.37. The molecular formula is C47H38. The molecule has 0 nitrogen and oxygen atoms in total. The van der Waals surface area contributed by atoms with E-state index in [0.29, 0.717) is 0 Å². The van der Waals surface area contributed by atoms with Crippen LogP contribution in [0.25, 0.3) is 76.5 Å². The Kier molecular flexibility index (Phi) is 5.91. The van der Waals surface area contributed by atoms with Gasteiger partial charge < -0.3 is 0 Å². The molecule has 0 aromatic heterocycles. The molecular weight excluding hydrogens is 565 g/mol. The van der Waals surface area contributed by atoms with Gasteiger partial charge in [-0.1, -0.05) is 162 Å². The van der Waals surface area contributed by atoms with Crippen LogP contribution in [0.15, 0.2) is 140 Å². The lowest BCUT2D eigenvalue weighted by atomic mass is 9.76. The summed E-state index contributed by atoms with van der Waals surface area (Å²) in [5, 5.41) is 10.5. The lowest BCUT2D eigenvalue weighted by molar-refractivity contribution is 0.601. The predicted molar refractivity (Wildman–Crippen MR) is 204 cm³/mol. The quantitative estimate of drug-likeness (QED) is 0.173. The SMILES string of the molecule is CC(C)(C)c1c2ccccc2c(-c2cccc3ccccc23)c2ccc(-c3cc4c(c5ccccc35)-c3ccccc3C4(C)C)cc12. The summed E-state index contributed by atoms with van der Waals surface area (Å²) < 4.78 is 0. The Hall–Kier alpha value is -5.20. The Balaban J connectivity index is 1.41. The fourth-order valence-corrected chi connectivity index (χ4v) is 8.68. The van der Waals surface area contributed by atoms with Crippen molar-refractivity contribution in [3.63, 3.8) is 0 Å². The van der Waals surface area contributed by atoms with E-state index >= 15 is 0 Å². The summed E-state index contributed by atoms with van der Waals surface area (Å²) in [6.07, 6.45) is 0. The Morgan fingerprint density at radius 1 is 0.404 bits per heavy atom. The largest absolute Gasteiger partial charge is 0.0619 e. The molecule has 226 valence electrons. The third-order valence-electron chi connectivity index (χ3n) is 10.7. The van der Waals surface area contributed by atoms with Gasteiger partial charge in [0.25, 0.3) is 0 Å². The number of fused-ring (bicyclic) bond motifs is 8. The first-order valence-corrected chi connectivity index (χ1v) is 16.9. The maximum Gasteiger partial charge on any atom is 0.0159 e. The van der Waals surface area contributed by atoms with E-state index in [9.17, 15) is 0 Å². The van der Waals surface area contributed by atoms with Crippen molar-refractivity contribution in [3.8, 4) is 33.4 Å². The molecule has 0 amide bonds. The van der Waals surface area contributed by atoms with Gasteiger partial charge in [0.1, 0.15) is 0 Å². The first-order valence-electron chi connectivity index (χ1n) is 16.9. The lowest BCUT2D eigenvalue weighted by Gasteiger charge is -2.27. The average Bonchev–Trinajstić information content (AvgIpc) is 3.32. The number of hydrogen-bond donors (Lipinski definition) is 0. The molecule has 8 aromatic carbocycles. The molecule has 1 aliphatic carbocycles. The highest BCUT2D eigenvalue weighted by Crippen LogP contribution is 2.53. The van der Waals surface area contributed by atoms with Crippen molar-refractivity contribution in [2.24, 2.45) is 0 Å². The molecule has 8 aromatic rings. The van der Waals surface area contributed by atoms with E-state index in [1.807, 2.05) is 0 Å². The van der Waals surface area contributed by atoms with Crippen LogP contribution in [0, 0.1) is 0 Å². The van der Waals surface area contributed by atoms with Crippen LogP contribution >= 0.6 is 0 Å². The van der Waals surface area contributed by atoms with Gasteiger partial charge in [-0.3, -0.25) is 0 Å². The summed E-state index contributed by atoms with van der Waals surface area (Å²) in [5.41, 5.74) is 12.1. The fraction of sp³-hybridized carbons (Fsp3) is 0.149. The van der Waals surface area contributed by atoms with Crippen molar-refractivity contribution in [1.82, 2.24) is 0 Å². The zero-order chi connectivity index (χ0) is 32.1. The normalized spacial score (nSPS) is 13.8. The van der Waals surface area contributed by atoms with Crippen LogP contribution in [-0.4, -0.2) is 0 Å². The molecule has 0 saturated carbocycles. The van der Waals surface area contributed by atoms with Crippen molar-refractivity contribution >= 4 is 43.1 Å². The molecule has 0 spiro atoms. The third-order valence-corrected chi connectivity index (χ3v) is 10.7. The zero-order valence-corrected chi connectivity index (χ0v) is 27.8. The number of rotatable bonds is 2. The lowest BCUT2D eigenvalue weighted by Crippen LogP contribution is -2.15. The van der Waals surface area contributed by atoms with Crippen molar-refractivity contribution in [3.05, 3.63) is 156 Å².